The Labute approximate surface area is 157 Å². The molecule has 0 heterocycles. The number of hydrogen-bond donors (Lipinski definition) is 0. The van der Waals surface area contributed by atoms with Crippen molar-refractivity contribution >= 4 is 0 Å². The van der Waals surface area contributed by atoms with E-state index in [1.807, 2.05) is 0 Å². The highest BCUT2D eigenvalue weighted by atomic mass is 14.7. The first kappa shape index (κ1) is 18.4. The van der Waals surface area contributed by atoms with E-state index in [9.17, 15) is 0 Å². The average Bonchev–Trinajstić information content (AvgIpc) is 2.84. The highest BCUT2D eigenvalue weighted by Crippen LogP contribution is 2.69. The Balaban J connectivity index is 1.60. The Bertz CT molecular complexity index is 480. The molecule has 0 amide bonds. The van der Waals surface area contributed by atoms with Crippen molar-refractivity contribution in [2.45, 2.75) is 105 Å². The van der Waals surface area contributed by atoms with E-state index in [1.165, 1.54) is 25.7 Å². The van der Waals surface area contributed by atoms with E-state index in [0.29, 0.717) is 10.8 Å². The van der Waals surface area contributed by atoms with Crippen molar-refractivity contribution in [3.63, 3.8) is 0 Å². The van der Waals surface area contributed by atoms with Crippen LogP contribution in [-0.2, 0) is 0 Å². The van der Waals surface area contributed by atoms with Crippen LogP contribution in [0.15, 0.2) is 0 Å². The summed E-state index contributed by atoms with van der Waals surface area (Å²) in [7, 11) is 0. The Kier molecular flexibility index (Phi) is 4.82. The molecular formula is C25H44. The van der Waals surface area contributed by atoms with Gasteiger partial charge in [-0.3, -0.25) is 0 Å². The van der Waals surface area contributed by atoms with Crippen LogP contribution < -0.4 is 0 Å². The van der Waals surface area contributed by atoms with E-state index >= 15 is 0 Å². The SMILES string of the molecule is CCC[C@@H](C)[C@H]1C(C)C[C@H]2[C@@H]3CCC4CCCC[C@]4(C)[C@H]3CC[C@]12C. The lowest BCUT2D eigenvalue weighted by molar-refractivity contribution is -0.114. The molecule has 0 aromatic rings. The van der Waals surface area contributed by atoms with Crippen LogP contribution in [0.2, 0.25) is 0 Å². The van der Waals surface area contributed by atoms with Crippen molar-refractivity contribution in [3.05, 3.63) is 0 Å². The lowest BCUT2D eigenvalue weighted by Gasteiger charge is -2.61. The summed E-state index contributed by atoms with van der Waals surface area (Å²) < 4.78 is 0. The van der Waals surface area contributed by atoms with Gasteiger partial charge < -0.3 is 0 Å². The number of rotatable bonds is 3. The molecule has 0 bridgehead atoms. The van der Waals surface area contributed by atoms with Gasteiger partial charge in [0.2, 0.25) is 0 Å². The van der Waals surface area contributed by atoms with Crippen LogP contribution in [0, 0.1) is 52.3 Å². The highest BCUT2D eigenvalue weighted by Gasteiger charge is 2.61. The van der Waals surface area contributed by atoms with Crippen LogP contribution in [-0.4, -0.2) is 0 Å². The molecule has 4 aliphatic rings. The van der Waals surface area contributed by atoms with Gasteiger partial charge in [-0.1, -0.05) is 60.3 Å². The standard InChI is InChI=1S/C25H44/c1-6-9-17(2)23-18(3)16-22-20-12-11-19-10-7-8-14-24(19,4)21(20)13-15-25(22,23)5/h17-23H,6-16H2,1-5H3/t17-,18?,19?,20-,21+,22+,23+,24+,25+/m1/s1. The van der Waals surface area contributed by atoms with Crippen molar-refractivity contribution in [2.75, 3.05) is 0 Å². The molecular weight excluding hydrogens is 300 g/mol. The first-order valence-electron chi connectivity index (χ1n) is 11.9. The molecule has 9 atom stereocenters. The highest BCUT2D eigenvalue weighted by molar-refractivity contribution is 5.10. The normalized spacial score (nSPS) is 53.6. The fraction of sp³-hybridized carbons (Fsp3) is 1.00. The summed E-state index contributed by atoms with van der Waals surface area (Å²) in [5, 5.41) is 0. The maximum Gasteiger partial charge on any atom is -0.0261 e. The van der Waals surface area contributed by atoms with Gasteiger partial charge in [0.05, 0.1) is 0 Å². The van der Waals surface area contributed by atoms with E-state index in [2.05, 4.69) is 34.6 Å². The van der Waals surface area contributed by atoms with Gasteiger partial charge in [0.15, 0.2) is 0 Å². The minimum absolute atomic E-state index is 0.660. The summed E-state index contributed by atoms with van der Waals surface area (Å²) >= 11 is 0. The summed E-state index contributed by atoms with van der Waals surface area (Å²) in [5.41, 5.74) is 1.37. The lowest BCUT2D eigenvalue weighted by Crippen LogP contribution is -2.53. The van der Waals surface area contributed by atoms with Crippen molar-refractivity contribution < 1.29 is 0 Å². The molecule has 0 aromatic carbocycles. The summed E-state index contributed by atoms with van der Waals surface area (Å²) in [6, 6.07) is 0. The molecule has 0 N–H and O–H groups in total. The summed E-state index contributed by atoms with van der Waals surface area (Å²) in [6.07, 6.45) is 16.8. The molecule has 0 nitrogen and oxygen atoms in total. The predicted molar refractivity (Wildman–Crippen MR) is 108 cm³/mol. The maximum atomic E-state index is 2.74. The Morgan fingerprint density at radius 1 is 0.920 bits per heavy atom. The summed E-state index contributed by atoms with van der Waals surface area (Å²) in [6.45, 7) is 13.1. The van der Waals surface area contributed by atoms with Crippen LogP contribution in [0.3, 0.4) is 0 Å². The number of hydrogen-bond acceptors (Lipinski definition) is 0. The molecule has 4 rings (SSSR count). The van der Waals surface area contributed by atoms with Gasteiger partial charge in [-0.2, -0.15) is 0 Å². The van der Waals surface area contributed by atoms with E-state index < -0.39 is 0 Å². The Morgan fingerprint density at radius 2 is 1.72 bits per heavy atom. The van der Waals surface area contributed by atoms with Crippen LogP contribution in [0.25, 0.3) is 0 Å². The fourth-order valence-corrected chi connectivity index (χ4v) is 9.54. The molecule has 4 fully saturated rings. The molecule has 144 valence electrons. The van der Waals surface area contributed by atoms with E-state index in [1.54, 1.807) is 44.9 Å². The van der Waals surface area contributed by atoms with Crippen LogP contribution in [0.1, 0.15) is 105 Å². The van der Waals surface area contributed by atoms with Crippen molar-refractivity contribution in [3.8, 4) is 0 Å². The van der Waals surface area contributed by atoms with Gasteiger partial charge in [-0.15, -0.1) is 0 Å². The zero-order valence-corrected chi connectivity index (χ0v) is 17.8. The van der Waals surface area contributed by atoms with Gasteiger partial charge in [0.1, 0.15) is 0 Å². The molecule has 0 aromatic heterocycles. The molecule has 0 radical (unpaired) electrons. The van der Waals surface area contributed by atoms with E-state index in [0.717, 1.165) is 41.4 Å². The topological polar surface area (TPSA) is 0 Å². The van der Waals surface area contributed by atoms with Crippen LogP contribution in [0.5, 0.6) is 0 Å². The third-order valence-electron chi connectivity index (χ3n) is 10.4. The predicted octanol–water partition coefficient (Wildman–Crippen LogP) is 7.72. The molecule has 25 heavy (non-hydrogen) atoms. The van der Waals surface area contributed by atoms with Crippen LogP contribution in [0.4, 0.5) is 0 Å². The van der Waals surface area contributed by atoms with Gasteiger partial charge in [-0.25, -0.2) is 0 Å². The molecule has 2 unspecified atom stereocenters. The maximum absolute atomic E-state index is 2.74. The zero-order chi connectivity index (χ0) is 17.8. The number of fused-ring (bicyclic) bond motifs is 5. The molecule has 0 heteroatoms. The van der Waals surface area contributed by atoms with Gasteiger partial charge in [-0.05, 0) is 97.2 Å². The largest absolute Gasteiger partial charge is 0.0654 e. The monoisotopic (exact) mass is 344 g/mol. The van der Waals surface area contributed by atoms with Crippen molar-refractivity contribution in [2.24, 2.45) is 52.3 Å². The minimum atomic E-state index is 0.660. The van der Waals surface area contributed by atoms with Crippen molar-refractivity contribution in [1.29, 1.82) is 0 Å². The Morgan fingerprint density at radius 3 is 2.48 bits per heavy atom. The zero-order valence-electron chi connectivity index (χ0n) is 17.8. The molecule has 4 aliphatic carbocycles. The lowest BCUT2D eigenvalue weighted by atomic mass is 9.44. The second-order valence-corrected chi connectivity index (χ2v) is 11.5. The summed E-state index contributed by atoms with van der Waals surface area (Å²) in [5.74, 6) is 7.15. The van der Waals surface area contributed by atoms with Gasteiger partial charge in [0.25, 0.3) is 0 Å². The average molecular weight is 345 g/mol. The van der Waals surface area contributed by atoms with E-state index in [4.69, 9.17) is 0 Å². The van der Waals surface area contributed by atoms with Gasteiger partial charge >= 0.3 is 0 Å². The van der Waals surface area contributed by atoms with Crippen molar-refractivity contribution in [1.82, 2.24) is 0 Å². The van der Waals surface area contributed by atoms with Gasteiger partial charge in [0, 0.05) is 0 Å². The smallest absolute Gasteiger partial charge is 0.0261 e. The minimum Gasteiger partial charge on any atom is -0.0654 e. The van der Waals surface area contributed by atoms with Crippen LogP contribution >= 0.6 is 0 Å². The molecule has 0 aliphatic heterocycles. The first-order valence-corrected chi connectivity index (χ1v) is 11.9. The molecule has 0 spiro atoms. The summed E-state index contributed by atoms with van der Waals surface area (Å²) in [4.78, 5) is 0. The fourth-order valence-electron chi connectivity index (χ4n) is 9.54. The quantitative estimate of drug-likeness (QED) is 0.491. The van der Waals surface area contributed by atoms with E-state index in [-0.39, 0.29) is 0 Å². The Hall–Kier alpha value is 0. The first-order chi connectivity index (χ1) is 11.9. The second-order valence-electron chi connectivity index (χ2n) is 11.5. The second kappa shape index (κ2) is 6.56. The third-order valence-corrected chi connectivity index (χ3v) is 10.4. The molecule has 0 saturated heterocycles. The third kappa shape index (κ3) is 2.67. The molecule has 4 saturated carbocycles.